The fraction of sp³-hybridized carbons (Fsp3) is 0.520. The average molecular weight is 484 g/mol. The number of amides is 2. The van der Waals surface area contributed by atoms with Gasteiger partial charge in [0, 0.05) is 50.8 Å². The zero-order valence-corrected chi connectivity index (χ0v) is 20.0. The molecule has 1 saturated carbocycles. The minimum absolute atomic E-state index is 0.00629. The van der Waals surface area contributed by atoms with E-state index < -0.39 is 0 Å². The van der Waals surface area contributed by atoms with Gasteiger partial charge in [-0.05, 0) is 43.9 Å². The van der Waals surface area contributed by atoms with Crippen molar-refractivity contribution in [2.75, 3.05) is 50.8 Å². The first-order valence-electron chi connectivity index (χ1n) is 12.1. The van der Waals surface area contributed by atoms with Gasteiger partial charge in [0.2, 0.25) is 11.8 Å². The standard InChI is InChI=1S/C25H30ClN5O3/c26-21-6-2-1-5-20(21)22-9-10-23(28-27-22)29-11-13-30(14-12-29)24(32)17-31(25(33)18-7-8-18)16-19-4-3-15-34-19/h1-2,5-6,9-10,18-19H,3-4,7-8,11-17H2. The third-order valence-electron chi connectivity index (χ3n) is 6.77. The van der Waals surface area contributed by atoms with E-state index >= 15 is 0 Å². The topological polar surface area (TPSA) is 78.9 Å². The van der Waals surface area contributed by atoms with Gasteiger partial charge in [-0.25, -0.2) is 0 Å². The van der Waals surface area contributed by atoms with Gasteiger partial charge in [-0.3, -0.25) is 9.59 Å². The quantitative estimate of drug-likeness (QED) is 0.602. The monoisotopic (exact) mass is 483 g/mol. The van der Waals surface area contributed by atoms with E-state index in [0.717, 1.165) is 49.4 Å². The van der Waals surface area contributed by atoms with Crippen molar-refractivity contribution in [2.45, 2.75) is 31.8 Å². The largest absolute Gasteiger partial charge is 0.376 e. The summed E-state index contributed by atoms with van der Waals surface area (Å²) in [7, 11) is 0. The second-order valence-corrected chi connectivity index (χ2v) is 9.66. The minimum Gasteiger partial charge on any atom is -0.376 e. The Kier molecular flexibility index (Phi) is 6.97. The Morgan fingerprint density at radius 3 is 2.47 bits per heavy atom. The first kappa shape index (κ1) is 23.1. The molecule has 1 aromatic carbocycles. The van der Waals surface area contributed by atoms with Crippen molar-refractivity contribution in [1.82, 2.24) is 20.0 Å². The van der Waals surface area contributed by atoms with Crippen LogP contribution in [0.25, 0.3) is 11.3 Å². The van der Waals surface area contributed by atoms with E-state index in [9.17, 15) is 9.59 Å². The Bertz CT molecular complexity index is 1020. The molecule has 9 heteroatoms. The summed E-state index contributed by atoms with van der Waals surface area (Å²) in [6.45, 7) is 3.95. The first-order chi connectivity index (χ1) is 16.6. The molecule has 34 heavy (non-hydrogen) atoms. The molecular formula is C25H30ClN5O3. The van der Waals surface area contributed by atoms with Gasteiger partial charge in [-0.2, -0.15) is 0 Å². The van der Waals surface area contributed by atoms with E-state index in [4.69, 9.17) is 16.3 Å². The molecular weight excluding hydrogens is 454 g/mol. The lowest BCUT2D eigenvalue weighted by Gasteiger charge is -2.36. The van der Waals surface area contributed by atoms with Gasteiger partial charge in [0.25, 0.3) is 0 Å². The van der Waals surface area contributed by atoms with E-state index in [1.807, 2.05) is 41.3 Å². The summed E-state index contributed by atoms with van der Waals surface area (Å²) in [6.07, 6.45) is 3.90. The molecule has 0 N–H and O–H groups in total. The van der Waals surface area contributed by atoms with Crippen LogP contribution in [0.5, 0.6) is 0 Å². The third-order valence-corrected chi connectivity index (χ3v) is 7.10. The number of anilines is 1. The minimum atomic E-state index is 0.00629. The fourth-order valence-corrected chi connectivity index (χ4v) is 4.84. The van der Waals surface area contributed by atoms with Crippen LogP contribution in [-0.2, 0) is 14.3 Å². The molecule has 1 unspecified atom stereocenters. The second kappa shape index (κ2) is 10.3. The number of carbonyl (C=O) groups excluding carboxylic acids is 2. The Labute approximate surface area is 204 Å². The molecule has 2 saturated heterocycles. The molecule has 0 bridgehead atoms. The Morgan fingerprint density at radius 1 is 1.03 bits per heavy atom. The Morgan fingerprint density at radius 2 is 1.82 bits per heavy atom. The number of benzene rings is 1. The van der Waals surface area contributed by atoms with Crippen LogP contribution in [0.3, 0.4) is 0 Å². The van der Waals surface area contributed by atoms with E-state index in [1.165, 1.54) is 0 Å². The molecule has 0 radical (unpaired) electrons. The summed E-state index contributed by atoms with van der Waals surface area (Å²) in [4.78, 5) is 31.5. The number of ether oxygens (including phenoxy) is 1. The van der Waals surface area contributed by atoms with Crippen LogP contribution in [0.2, 0.25) is 5.02 Å². The van der Waals surface area contributed by atoms with Gasteiger partial charge in [-0.1, -0.05) is 29.8 Å². The predicted molar refractivity (Wildman–Crippen MR) is 130 cm³/mol. The molecule has 180 valence electrons. The Balaban J connectivity index is 1.16. The summed E-state index contributed by atoms with van der Waals surface area (Å²) in [6, 6.07) is 11.4. The molecule has 3 aliphatic rings. The molecule has 3 fully saturated rings. The number of nitrogens with zero attached hydrogens (tertiary/aromatic N) is 5. The van der Waals surface area contributed by atoms with Crippen LogP contribution in [-0.4, -0.2) is 83.8 Å². The van der Waals surface area contributed by atoms with Crippen LogP contribution in [0, 0.1) is 5.92 Å². The zero-order chi connectivity index (χ0) is 23.5. The van der Waals surface area contributed by atoms with Gasteiger partial charge in [0.1, 0.15) is 0 Å². The molecule has 1 aromatic heterocycles. The molecule has 8 nitrogen and oxygen atoms in total. The smallest absolute Gasteiger partial charge is 0.242 e. The number of hydrogen-bond acceptors (Lipinski definition) is 6. The van der Waals surface area contributed by atoms with Gasteiger partial charge in [-0.15, -0.1) is 10.2 Å². The van der Waals surface area contributed by atoms with Crippen molar-refractivity contribution in [3.8, 4) is 11.3 Å². The van der Waals surface area contributed by atoms with E-state index in [1.54, 1.807) is 4.90 Å². The van der Waals surface area contributed by atoms with Gasteiger partial charge >= 0.3 is 0 Å². The van der Waals surface area contributed by atoms with Gasteiger partial charge < -0.3 is 19.4 Å². The van der Waals surface area contributed by atoms with Gasteiger partial charge in [0.15, 0.2) is 5.82 Å². The molecule has 0 spiro atoms. The lowest BCUT2D eigenvalue weighted by molar-refractivity contribution is -0.142. The molecule has 1 aliphatic carbocycles. The highest BCUT2D eigenvalue weighted by Crippen LogP contribution is 2.31. The number of aromatic nitrogens is 2. The predicted octanol–water partition coefficient (Wildman–Crippen LogP) is 2.86. The normalized spacial score (nSPS) is 20.4. The number of rotatable bonds is 7. The lowest BCUT2D eigenvalue weighted by Crippen LogP contribution is -2.53. The van der Waals surface area contributed by atoms with Crippen molar-refractivity contribution in [2.24, 2.45) is 5.92 Å². The first-order valence-corrected chi connectivity index (χ1v) is 12.5. The van der Waals surface area contributed by atoms with E-state index in [0.29, 0.717) is 37.7 Å². The zero-order valence-electron chi connectivity index (χ0n) is 19.2. The van der Waals surface area contributed by atoms with E-state index in [2.05, 4.69) is 15.1 Å². The number of piperazine rings is 1. The van der Waals surface area contributed by atoms with Gasteiger partial charge in [0.05, 0.1) is 23.4 Å². The average Bonchev–Trinajstić information content (AvgIpc) is 3.60. The van der Waals surface area contributed by atoms with Crippen LogP contribution in [0.1, 0.15) is 25.7 Å². The van der Waals surface area contributed by atoms with Crippen LogP contribution < -0.4 is 4.90 Å². The second-order valence-electron chi connectivity index (χ2n) is 9.25. The summed E-state index contributed by atoms with van der Waals surface area (Å²) < 4.78 is 5.72. The molecule has 1 atom stereocenters. The van der Waals surface area contributed by atoms with Crippen molar-refractivity contribution < 1.29 is 14.3 Å². The molecule has 5 rings (SSSR count). The van der Waals surface area contributed by atoms with Crippen molar-refractivity contribution in [3.05, 3.63) is 41.4 Å². The summed E-state index contributed by atoms with van der Waals surface area (Å²) in [5.41, 5.74) is 1.58. The lowest BCUT2D eigenvalue weighted by atomic mass is 10.1. The fourth-order valence-electron chi connectivity index (χ4n) is 4.61. The highest BCUT2D eigenvalue weighted by Gasteiger charge is 2.36. The van der Waals surface area contributed by atoms with Crippen molar-refractivity contribution >= 4 is 29.2 Å². The maximum Gasteiger partial charge on any atom is 0.242 e. The highest BCUT2D eigenvalue weighted by atomic mass is 35.5. The summed E-state index contributed by atoms with van der Waals surface area (Å²) in [5.74, 6) is 0.994. The molecule has 3 heterocycles. The van der Waals surface area contributed by atoms with Crippen molar-refractivity contribution in [3.63, 3.8) is 0 Å². The number of hydrogen-bond donors (Lipinski definition) is 0. The summed E-state index contributed by atoms with van der Waals surface area (Å²) in [5, 5.41) is 9.39. The highest BCUT2D eigenvalue weighted by molar-refractivity contribution is 6.33. The number of halogens is 1. The van der Waals surface area contributed by atoms with Crippen molar-refractivity contribution in [1.29, 1.82) is 0 Å². The Hall–Kier alpha value is -2.71. The number of carbonyl (C=O) groups is 2. The SMILES string of the molecule is O=C(CN(CC1CCCO1)C(=O)C1CC1)N1CCN(c2ccc(-c3ccccc3Cl)nn2)CC1. The maximum absolute atomic E-state index is 13.0. The third kappa shape index (κ3) is 5.33. The maximum atomic E-state index is 13.0. The molecule has 2 aliphatic heterocycles. The van der Waals surface area contributed by atoms with Crippen LogP contribution in [0.15, 0.2) is 36.4 Å². The van der Waals surface area contributed by atoms with E-state index in [-0.39, 0.29) is 30.4 Å². The van der Waals surface area contributed by atoms with Crippen LogP contribution in [0.4, 0.5) is 5.82 Å². The molecule has 2 amide bonds. The van der Waals surface area contributed by atoms with Crippen LogP contribution >= 0.6 is 11.6 Å². The molecule has 2 aromatic rings. The summed E-state index contributed by atoms with van der Waals surface area (Å²) >= 11 is 6.27.